The zero-order valence-corrected chi connectivity index (χ0v) is 10.8. The van der Waals surface area contributed by atoms with Gasteiger partial charge in [-0.3, -0.25) is 0 Å². The van der Waals surface area contributed by atoms with Crippen molar-refractivity contribution in [3.05, 3.63) is 11.6 Å². The predicted octanol–water partition coefficient (Wildman–Crippen LogP) is 2.40. The molecule has 1 saturated heterocycles. The topological polar surface area (TPSA) is 39.9 Å². The van der Waals surface area contributed by atoms with Crippen molar-refractivity contribution in [2.45, 2.75) is 43.0 Å². The van der Waals surface area contributed by atoms with Crippen molar-refractivity contribution in [3.63, 3.8) is 0 Å². The molecule has 1 aliphatic heterocycles. The maximum Gasteiger partial charge on any atom is 0.143 e. The lowest BCUT2D eigenvalue weighted by Gasteiger charge is -2.22. The first kappa shape index (κ1) is 10.7. The van der Waals surface area contributed by atoms with E-state index >= 15 is 0 Å². The van der Waals surface area contributed by atoms with Crippen molar-refractivity contribution >= 4 is 15.9 Å². The standard InChI is InChI=1S/C11H16BrN3O/c12-6-10-13-14-11(15(10)9-3-4-9)8-2-1-5-16-7-8/h8-9H,1-7H2. The molecule has 1 aromatic heterocycles. The number of nitrogens with zero attached hydrogens (tertiary/aromatic N) is 3. The Bertz CT molecular complexity index is 369. The molecule has 1 aliphatic carbocycles. The number of ether oxygens (including phenoxy) is 1. The maximum absolute atomic E-state index is 5.54. The van der Waals surface area contributed by atoms with Gasteiger partial charge in [0.05, 0.1) is 11.9 Å². The quantitative estimate of drug-likeness (QED) is 0.801. The highest BCUT2D eigenvalue weighted by molar-refractivity contribution is 9.08. The van der Waals surface area contributed by atoms with Crippen molar-refractivity contribution in [2.75, 3.05) is 13.2 Å². The third-order valence-electron chi connectivity index (χ3n) is 3.35. The van der Waals surface area contributed by atoms with E-state index in [2.05, 4.69) is 30.7 Å². The molecular formula is C11H16BrN3O. The van der Waals surface area contributed by atoms with Gasteiger partial charge in [-0.1, -0.05) is 15.9 Å². The van der Waals surface area contributed by atoms with E-state index in [9.17, 15) is 0 Å². The smallest absolute Gasteiger partial charge is 0.143 e. The minimum Gasteiger partial charge on any atom is -0.381 e. The van der Waals surface area contributed by atoms with E-state index in [1.54, 1.807) is 0 Å². The average molecular weight is 286 g/mol. The van der Waals surface area contributed by atoms with Gasteiger partial charge in [-0.2, -0.15) is 0 Å². The molecule has 1 unspecified atom stereocenters. The van der Waals surface area contributed by atoms with Gasteiger partial charge < -0.3 is 9.30 Å². The minimum absolute atomic E-state index is 0.453. The number of halogens is 1. The lowest BCUT2D eigenvalue weighted by atomic mass is 10.0. The summed E-state index contributed by atoms with van der Waals surface area (Å²) in [6.07, 6.45) is 4.89. The summed E-state index contributed by atoms with van der Waals surface area (Å²) in [6.45, 7) is 1.71. The van der Waals surface area contributed by atoms with Crippen molar-refractivity contribution in [1.29, 1.82) is 0 Å². The van der Waals surface area contributed by atoms with Crippen LogP contribution < -0.4 is 0 Å². The number of hydrogen-bond acceptors (Lipinski definition) is 3. The average Bonchev–Trinajstić information content (AvgIpc) is 3.09. The Balaban J connectivity index is 1.89. The van der Waals surface area contributed by atoms with E-state index in [0.29, 0.717) is 12.0 Å². The van der Waals surface area contributed by atoms with Crippen molar-refractivity contribution < 1.29 is 4.74 Å². The second-order valence-corrected chi connectivity index (χ2v) is 5.18. The summed E-state index contributed by atoms with van der Waals surface area (Å²) in [5.41, 5.74) is 0. The zero-order chi connectivity index (χ0) is 11.0. The first-order valence-corrected chi connectivity index (χ1v) is 7.09. The van der Waals surface area contributed by atoms with Crippen LogP contribution in [-0.2, 0) is 10.1 Å². The molecule has 4 nitrogen and oxygen atoms in total. The second kappa shape index (κ2) is 4.45. The fraction of sp³-hybridized carbons (Fsp3) is 0.818. The van der Waals surface area contributed by atoms with Crippen LogP contribution in [-0.4, -0.2) is 28.0 Å². The Labute approximate surface area is 104 Å². The SMILES string of the molecule is BrCc1nnc(C2CCCOC2)n1C1CC1. The van der Waals surface area contributed by atoms with Crippen LogP contribution in [0.3, 0.4) is 0 Å². The van der Waals surface area contributed by atoms with Gasteiger partial charge in [-0.15, -0.1) is 10.2 Å². The van der Waals surface area contributed by atoms with Crippen LogP contribution in [0.4, 0.5) is 0 Å². The van der Waals surface area contributed by atoms with Crippen LogP contribution in [0.1, 0.15) is 49.3 Å². The predicted molar refractivity (Wildman–Crippen MR) is 63.7 cm³/mol. The minimum atomic E-state index is 0.453. The summed E-state index contributed by atoms with van der Waals surface area (Å²) in [5.74, 6) is 2.68. The Hall–Kier alpha value is -0.420. The molecule has 0 N–H and O–H groups in total. The normalized spacial score (nSPS) is 25.9. The highest BCUT2D eigenvalue weighted by Gasteiger charge is 2.32. The number of hydrogen-bond donors (Lipinski definition) is 0. The molecule has 2 fully saturated rings. The Morgan fingerprint density at radius 1 is 1.31 bits per heavy atom. The molecule has 3 rings (SSSR count). The van der Waals surface area contributed by atoms with Crippen molar-refractivity contribution in [1.82, 2.24) is 14.8 Å². The molecule has 5 heteroatoms. The molecular weight excluding hydrogens is 270 g/mol. The summed E-state index contributed by atoms with van der Waals surface area (Å²) in [5, 5.41) is 9.45. The Morgan fingerprint density at radius 3 is 2.81 bits per heavy atom. The number of alkyl halides is 1. The molecule has 88 valence electrons. The lowest BCUT2D eigenvalue weighted by molar-refractivity contribution is 0.0768. The highest BCUT2D eigenvalue weighted by Crippen LogP contribution is 2.39. The van der Waals surface area contributed by atoms with Crippen LogP contribution >= 0.6 is 15.9 Å². The van der Waals surface area contributed by atoms with Gasteiger partial charge in [0, 0.05) is 18.6 Å². The third kappa shape index (κ3) is 1.91. The largest absolute Gasteiger partial charge is 0.381 e. The van der Waals surface area contributed by atoms with Gasteiger partial charge >= 0.3 is 0 Å². The fourth-order valence-electron chi connectivity index (χ4n) is 2.38. The number of rotatable bonds is 3. The summed E-state index contributed by atoms with van der Waals surface area (Å²) in [7, 11) is 0. The highest BCUT2D eigenvalue weighted by atomic mass is 79.9. The van der Waals surface area contributed by atoms with Crippen LogP contribution in [0.15, 0.2) is 0 Å². The monoisotopic (exact) mass is 285 g/mol. The Morgan fingerprint density at radius 2 is 2.19 bits per heavy atom. The van der Waals surface area contributed by atoms with Gasteiger partial charge in [0.15, 0.2) is 0 Å². The maximum atomic E-state index is 5.54. The van der Waals surface area contributed by atoms with E-state index in [-0.39, 0.29) is 0 Å². The molecule has 0 radical (unpaired) electrons. The molecule has 2 heterocycles. The fourth-order valence-corrected chi connectivity index (χ4v) is 2.76. The molecule has 0 bridgehead atoms. The van der Waals surface area contributed by atoms with E-state index in [4.69, 9.17) is 4.74 Å². The van der Waals surface area contributed by atoms with Gasteiger partial charge in [-0.25, -0.2) is 0 Å². The first-order valence-electron chi connectivity index (χ1n) is 5.97. The van der Waals surface area contributed by atoms with Gasteiger partial charge in [0.25, 0.3) is 0 Å². The third-order valence-corrected chi connectivity index (χ3v) is 3.85. The van der Waals surface area contributed by atoms with Crippen LogP contribution in [0.5, 0.6) is 0 Å². The molecule has 0 amide bonds. The first-order chi connectivity index (χ1) is 7.90. The molecule has 1 aromatic rings. The summed E-state index contributed by atoms with van der Waals surface area (Å²) < 4.78 is 7.88. The Kier molecular flexibility index (Phi) is 2.98. The van der Waals surface area contributed by atoms with E-state index in [1.807, 2.05) is 0 Å². The molecule has 0 spiro atoms. The van der Waals surface area contributed by atoms with Crippen LogP contribution in [0, 0.1) is 0 Å². The van der Waals surface area contributed by atoms with E-state index in [1.165, 1.54) is 19.3 Å². The molecule has 2 aliphatic rings. The van der Waals surface area contributed by atoms with Crippen molar-refractivity contribution in [3.8, 4) is 0 Å². The molecule has 1 saturated carbocycles. The molecule has 1 atom stereocenters. The zero-order valence-electron chi connectivity index (χ0n) is 9.23. The number of aromatic nitrogens is 3. The summed E-state index contributed by atoms with van der Waals surface area (Å²) in [4.78, 5) is 0. The van der Waals surface area contributed by atoms with Crippen molar-refractivity contribution in [2.24, 2.45) is 0 Å². The van der Waals surface area contributed by atoms with Gasteiger partial charge in [0.2, 0.25) is 0 Å². The van der Waals surface area contributed by atoms with Crippen LogP contribution in [0.2, 0.25) is 0 Å². The van der Waals surface area contributed by atoms with E-state index in [0.717, 1.165) is 36.6 Å². The summed E-state index contributed by atoms with van der Waals surface area (Å²) >= 11 is 3.49. The molecule has 0 aromatic carbocycles. The van der Waals surface area contributed by atoms with Gasteiger partial charge in [-0.05, 0) is 25.7 Å². The second-order valence-electron chi connectivity index (χ2n) is 4.62. The van der Waals surface area contributed by atoms with Gasteiger partial charge in [0.1, 0.15) is 11.6 Å². The summed E-state index contributed by atoms with van der Waals surface area (Å²) in [6, 6.07) is 0.652. The lowest BCUT2D eigenvalue weighted by Crippen LogP contribution is -2.19. The molecule has 16 heavy (non-hydrogen) atoms. The van der Waals surface area contributed by atoms with Crippen LogP contribution in [0.25, 0.3) is 0 Å². The van der Waals surface area contributed by atoms with E-state index < -0.39 is 0 Å².